The van der Waals surface area contributed by atoms with E-state index in [2.05, 4.69) is 31.0 Å². The van der Waals surface area contributed by atoms with Crippen LogP contribution in [-0.2, 0) is 6.42 Å². The number of carboxylic acids is 1. The normalized spacial score (nSPS) is 10.8. The quantitative estimate of drug-likeness (QED) is 0.786. The molecule has 1 aromatic carbocycles. The third-order valence-electron chi connectivity index (χ3n) is 3.10. The van der Waals surface area contributed by atoms with Crippen LogP contribution < -0.4 is 4.74 Å². The number of hydrogen-bond donors (Lipinski definition) is 1. The van der Waals surface area contributed by atoms with Crippen molar-refractivity contribution < 1.29 is 14.6 Å². The van der Waals surface area contributed by atoms with Crippen molar-refractivity contribution in [3.05, 3.63) is 45.9 Å². The zero-order chi connectivity index (χ0) is 15.2. The summed E-state index contributed by atoms with van der Waals surface area (Å²) in [6.45, 7) is 4.91. The molecule has 0 amide bonds. The Balaban J connectivity index is 1.79. The van der Waals surface area contributed by atoms with Crippen LogP contribution in [0.5, 0.6) is 5.75 Å². The van der Waals surface area contributed by atoms with Gasteiger partial charge in [-0.1, -0.05) is 26.0 Å². The predicted molar refractivity (Wildman–Crippen MR) is 83.4 cm³/mol. The van der Waals surface area contributed by atoms with Gasteiger partial charge in [0.05, 0.1) is 11.6 Å². The van der Waals surface area contributed by atoms with E-state index in [4.69, 9.17) is 9.84 Å². The Morgan fingerprint density at radius 2 is 2.24 bits per heavy atom. The molecule has 0 fully saturated rings. The topological polar surface area (TPSA) is 59.4 Å². The highest BCUT2D eigenvalue weighted by atomic mass is 32.1. The second-order valence-corrected chi connectivity index (χ2v) is 6.05. The summed E-state index contributed by atoms with van der Waals surface area (Å²) in [6.07, 6.45) is 1.56. The molecule has 0 radical (unpaired) electrons. The van der Waals surface area contributed by atoms with Crippen LogP contribution >= 0.6 is 11.3 Å². The molecule has 112 valence electrons. The van der Waals surface area contributed by atoms with Crippen LogP contribution in [0.3, 0.4) is 0 Å². The molecule has 5 heteroatoms. The number of benzene rings is 1. The maximum atomic E-state index is 10.7. The molecule has 2 rings (SSSR count). The van der Waals surface area contributed by atoms with Crippen LogP contribution in [0.25, 0.3) is 0 Å². The van der Waals surface area contributed by atoms with Gasteiger partial charge < -0.3 is 9.84 Å². The summed E-state index contributed by atoms with van der Waals surface area (Å²) in [5, 5.41) is 11.2. The number of aromatic nitrogens is 1. The minimum atomic E-state index is -0.973. The van der Waals surface area contributed by atoms with Gasteiger partial charge in [-0.05, 0) is 30.0 Å². The molecular formula is C16H19NO3S. The van der Waals surface area contributed by atoms with E-state index in [-0.39, 0.29) is 5.69 Å². The fourth-order valence-electron chi connectivity index (χ4n) is 1.90. The Labute approximate surface area is 128 Å². The van der Waals surface area contributed by atoms with E-state index in [0.717, 1.165) is 23.6 Å². The van der Waals surface area contributed by atoms with Gasteiger partial charge in [-0.3, -0.25) is 0 Å². The first kappa shape index (κ1) is 15.5. The van der Waals surface area contributed by atoms with Crippen molar-refractivity contribution in [2.45, 2.75) is 32.6 Å². The zero-order valence-corrected chi connectivity index (χ0v) is 13.0. The lowest BCUT2D eigenvalue weighted by atomic mass is 10.0. The Bertz CT molecular complexity index is 607. The lowest BCUT2D eigenvalue weighted by Crippen LogP contribution is -2.01. The molecule has 0 saturated heterocycles. The smallest absolute Gasteiger partial charge is 0.355 e. The molecule has 1 aromatic heterocycles. The predicted octanol–water partition coefficient (Wildman–Crippen LogP) is 3.98. The first-order valence-electron chi connectivity index (χ1n) is 6.96. The first-order chi connectivity index (χ1) is 10.1. The molecule has 0 atom stereocenters. The molecule has 2 aromatic rings. The lowest BCUT2D eigenvalue weighted by Gasteiger charge is -2.09. The Kier molecular flexibility index (Phi) is 5.33. The van der Waals surface area contributed by atoms with Crippen LogP contribution in [0.15, 0.2) is 29.6 Å². The van der Waals surface area contributed by atoms with Crippen LogP contribution in [0, 0.1) is 0 Å². The number of rotatable bonds is 7. The summed E-state index contributed by atoms with van der Waals surface area (Å²) in [7, 11) is 0. The third-order valence-corrected chi connectivity index (χ3v) is 4.01. The average Bonchev–Trinajstić information content (AvgIpc) is 2.93. The number of carbonyl (C=O) groups is 1. The van der Waals surface area contributed by atoms with Gasteiger partial charge in [0.15, 0.2) is 5.69 Å². The van der Waals surface area contributed by atoms with Crippen molar-refractivity contribution in [3.8, 4) is 5.75 Å². The van der Waals surface area contributed by atoms with E-state index in [1.807, 2.05) is 12.1 Å². The highest BCUT2D eigenvalue weighted by molar-refractivity contribution is 7.09. The molecule has 1 N–H and O–H groups in total. The van der Waals surface area contributed by atoms with E-state index in [9.17, 15) is 4.79 Å². The van der Waals surface area contributed by atoms with E-state index in [1.165, 1.54) is 16.9 Å². The number of nitrogens with zero attached hydrogens (tertiary/aromatic N) is 1. The number of thiazole rings is 1. The van der Waals surface area contributed by atoms with Crippen LogP contribution in [-0.4, -0.2) is 22.7 Å². The second-order valence-electron chi connectivity index (χ2n) is 5.11. The molecule has 0 spiro atoms. The third kappa shape index (κ3) is 4.56. The number of carboxylic acid groups (broad SMARTS) is 1. The number of ether oxygens (including phenoxy) is 1. The molecule has 0 saturated carbocycles. The first-order valence-corrected chi connectivity index (χ1v) is 7.84. The van der Waals surface area contributed by atoms with E-state index in [1.54, 1.807) is 5.38 Å². The summed E-state index contributed by atoms with van der Waals surface area (Å²) in [6, 6.07) is 8.12. The molecule has 0 aliphatic carbocycles. The van der Waals surface area contributed by atoms with E-state index >= 15 is 0 Å². The van der Waals surface area contributed by atoms with E-state index in [0.29, 0.717) is 12.5 Å². The van der Waals surface area contributed by atoms with Gasteiger partial charge in [0.1, 0.15) is 5.75 Å². The largest absolute Gasteiger partial charge is 0.494 e. The van der Waals surface area contributed by atoms with Crippen molar-refractivity contribution >= 4 is 17.3 Å². The summed E-state index contributed by atoms with van der Waals surface area (Å²) in [4.78, 5) is 14.8. The molecule has 1 heterocycles. The fraction of sp³-hybridized carbons (Fsp3) is 0.375. The Hall–Kier alpha value is -1.88. The number of aryl methyl sites for hydroxylation is 1. The summed E-state index contributed by atoms with van der Waals surface area (Å²) < 4.78 is 5.73. The fourth-order valence-corrected chi connectivity index (χ4v) is 2.72. The Morgan fingerprint density at radius 3 is 2.90 bits per heavy atom. The summed E-state index contributed by atoms with van der Waals surface area (Å²) in [5.74, 6) is 0.393. The molecule has 0 aliphatic rings. The molecule has 0 aliphatic heterocycles. The maximum Gasteiger partial charge on any atom is 0.355 e. The lowest BCUT2D eigenvalue weighted by molar-refractivity contribution is 0.0691. The van der Waals surface area contributed by atoms with E-state index < -0.39 is 5.97 Å². The molecular weight excluding hydrogens is 286 g/mol. The zero-order valence-electron chi connectivity index (χ0n) is 12.2. The highest BCUT2D eigenvalue weighted by Gasteiger charge is 2.08. The van der Waals surface area contributed by atoms with Crippen molar-refractivity contribution in [1.29, 1.82) is 0 Å². The minimum absolute atomic E-state index is 0.126. The molecule has 21 heavy (non-hydrogen) atoms. The van der Waals surface area contributed by atoms with Gasteiger partial charge in [-0.15, -0.1) is 11.3 Å². The number of aromatic carboxylic acids is 1. The number of hydrogen-bond acceptors (Lipinski definition) is 4. The van der Waals surface area contributed by atoms with Crippen molar-refractivity contribution in [3.63, 3.8) is 0 Å². The minimum Gasteiger partial charge on any atom is -0.494 e. The van der Waals surface area contributed by atoms with Gasteiger partial charge in [-0.2, -0.15) is 0 Å². The SMILES string of the molecule is CC(C)c1cccc(OCCCc2nc(C(=O)O)cs2)c1. The van der Waals surface area contributed by atoms with Gasteiger partial charge in [0.25, 0.3) is 0 Å². The monoisotopic (exact) mass is 305 g/mol. The van der Waals surface area contributed by atoms with Crippen LogP contribution in [0.2, 0.25) is 0 Å². The summed E-state index contributed by atoms with van der Waals surface area (Å²) in [5.41, 5.74) is 1.39. The van der Waals surface area contributed by atoms with Crippen molar-refractivity contribution in [1.82, 2.24) is 4.98 Å². The van der Waals surface area contributed by atoms with Gasteiger partial charge in [0.2, 0.25) is 0 Å². The Morgan fingerprint density at radius 1 is 1.43 bits per heavy atom. The average molecular weight is 305 g/mol. The van der Waals surface area contributed by atoms with Gasteiger partial charge in [-0.25, -0.2) is 9.78 Å². The molecule has 0 bridgehead atoms. The van der Waals surface area contributed by atoms with Crippen LogP contribution in [0.1, 0.15) is 47.2 Å². The standard InChI is InChI=1S/C16H19NO3S/c1-11(2)12-5-3-6-13(9-12)20-8-4-7-15-17-14(10-21-15)16(18)19/h3,5-6,9-11H,4,7-8H2,1-2H3,(H,18,19). The van der Waals surface area contributed by atoms with Gasteiger partial charge >= 0.3 is 5.97 Å². The molecule has 0 unspecified atom stereocenters. The highest BCUT2D eigenvalue weighted by Crippen LogP contribution is 2.20. The van der Waals surface area contributed by atoms with Crippen molar-refractivity contribution in [2.75, 3.05) is 6.61 Å². The molecule has 4 nitrogen and oxygen atoms in total. The van der Waals surface area contributed by atoms with Gasteiger partial charge in [0, 0.05) is 11.8 Å². The summed E-state index contributed by atoms with van der Waals surface area (Å²) >= 11 is 1.38. The van der Waals surface area contributed by atoms with Crippen molar-refractivity contribution in [2.24, 2.45) is 0 Å². The maximum absolute atomic E-state index is 10.7. The van der Waals surface area contributed by atoms with Crippen LogP contribution in [0.4, 0.5) is 0 Å². The second kappa shape index (κ2) is 7.22.